The quantitative estimate of drug-likeness (QED) is 0.404. The zero-order chi connectivity index (χ0) is 34.2. The molecule has 2 aromatic carbocycles. The zero-order valence-corrected chi connectivity index (χ0v) is 26.7. The molecule has 248 valence electrons. The Hall–Kier alpha value is -5.08. The second-order valence-corrected chi connectivity index (χ2v) is 13.8. The average Bonchev–Trinajstić information content (AvgIpc) is 3.20. The number of carbonyl (C=O) groups is 4. The molecule has 0 aliphatic carbocycles. The lowest BCUT2D eigenvalue weighted by Gasteiger charge is -2.45. The van der Waals surface area contributed by atoms with Crippen LogP contribution in [0.25, 0.3) is 10.8 Å². The first-order valence-corrected chi connectivity index (χ1v) is 15.0. The van der Waals surface area contributed by atoms with E-state index < -0.39 is 70.6 Å². The molecule has 2 fully saturated rings. The van der Waals surface area contributed by atoms with Crippen molar-refractivity contribution < 1.29 is 37.4 Å². The number of carbonyl (C=O) groups excluding carboxylic acids is 4. The van der Waals surface area contributed by atoms with Gasteiger partial charge in [-0.3, -0.25) is 19.4 Å². The van der Waals surface area contributed by atoms with E-state index in [1.807, 2.05) is 0 Å². The van der Waals surface area contributed by atoms with Gasteiger partial charge in [-0.25, -0.2) is 28.3 Å². The van der Waals surface area contributed by atoms with Crippen LogP contribution in [0.15, 0.2) is 41.2 Å². The fraction of sp³-hybridized carbons (Fsp3) is 0.438. The summed E-state index contributed by atoms with van der Waals surface area (Å²) in [6, 6.07) is 3.20. The summed E-state index contributed by atoms with van der Waals surface area (Å²) in [5.41, 5.74) is -2.28. The molecule has 3 aliphatic rings. The molecular weight excluding hydrogens is 618 g/mol. The zero-order valence-electron chi connectivity index (χ0n) is 26.7. The van der Waals surface area contributed by atoms with Gasteiger partial charge in [0.2, 0.25) is 0 Å². The van der Waals surface area contributed by atoms with Crippen LogP contribution >= 0.6 is 0 Å². The SMILES string of the molecule is CC(C)(C)OC(=O)N1CC(N2CC(=O)N(C3c4n[nH]c(=O)c5cc(F)cc(c45)N(C(=O)OC(C)(C)C)C3c3ccc(F)cc3)C2=O)C1. The van der Waals surface area contributed by atoms with Crippen molar-refractivity contribution in [3.05, 3.63) is 69.6 Å². The van der Waals surface area contributed by atoms with Crippen molar-refractivity contribution in [3.63, 3.8) is 0 Å². The molecule has 2 unspecified atom stereocenters. The molecule has 0 saturated carbocycles. The van der Waals surface area contributed by atoms with E-state index in [1.54, 1.807) is 41.5 Å². The Kier molecular flexibility index (Phi) is 7.48. The topological polar surface area (TPSA) is 145 Å². The molecule has 1 aromatic heterocycles. The third-order valence-corrected chi connectivity index (χ3v) is 8.04. The number of nitrogens with one attached hydrogen (secondary N) is 1. The van der Waals surface area contributed by atoms with Crippen LogP contribution in [0, 0.1) is 11.6 Å². The Morgan fingerprint density at radius 1 is 0.872 bits per heavy atom. The third-order valence-electron chi connectivity index (χ3n) is 8.04. The first-order valence-electron chi connectivity index (χ1n) is 15.0. The highest BCUT2D eigenvalue weighted by Crippen LogP contribution is 2.50. The molecule has 3 aliphatic heterocycles. The van der Waals surface area contributed by atoms with Gasteiger partial charge >= 0.3 is 18.2 Å². The number of aromatic nitrogens is 2. The Bertz CT molecular complexity index is 1860. The number of imide groups is 1. The first kappa shape index (κ1) is 31.9. The van der Waals surface area contributed by atoms with Gasteiger partial charge in [0.05, 0.1) is 28.9 Å². The maximum absolute atomic E-state index is 15.1. The van der Waals surface area contributed by atoms with Crippen molar-refractivity contribution in [2.75, 3.05) is 24.5 Å². The summed E-state index contributed by atoms with van der Waals surface area (Å²) in [6.45, 7) is 10.0. The van der Waals surface area contributed by atoms with Gasteiger partial charge in [0.15, 0.2) is 0 Å². The molecule has 1 N–H and O–H groups in total. The highest BCUT2D eigenvalue weighted by Gasteiger charge is 2.54. The maximum atomic E-state index is 15.1. The number of ether oxygens (including phenoxy) is 2. The maximum Gasteiger partial charge on any atom is 0.415 e. The fourth-order valence-electron chi connectivity index (χ4n) is 6.11. The number of rotatable bonds is 3. The van der Waals surface area contributed by atoms with Gasteiger partial charge in [-0.15, -0.1) is 0 Å². The summed E-state index contributed by atoms with van der Waals surface area (Å²) in [4.78, 5) is 72.3. The summed E-state index contributed by atoms with van der Waals surface area (Å²) in [6.07, 6.45) is -1.51. The van der Waals surface area contributed by atoms with E-state index in [1.165, 1.54) is 21.9 Å². The highest BCUT2D eigenvalue weighted by atomic mass is 19.1. The van der Waals surface area contributed by atoms with Crippen LogP contribution in [-0.4, -0.2) is 85.9 Å². The Labute approximate surface area is 268 Å². The molecule has 0 radical (unpaired) electrons. The van der Waals surface area contributed by atoms with Gasteiger partial charge in [-0.1, -0.05) is 12.1 Å². The number of amides is 5. The minimum Gasteiger partial charge on any atom is -0.444 e. The van der Waals surface area contributed by atoms with E-state index >= 15 is 4.39 Å². The van der Waals surface area contributed by atoms with Crippen molar-refractivity contribution in [2.45, 2.75) is 70.9 Å². The molecule has 4 heterocycles. The van der Waals surface area contributed by atoms with E-state index in [2.05, 4.69) is 10.2 Å². The van der Waals surface area contributed by atoms with E-state index in [-0.39, 0.29) is 47.4 Å². The number of likely N-dealkylation sites (tertiary alicyclic amines) is 1. The highest BCUT2D eigenvalue weighted by molar-refractivity contribution is 6.08. The van der Waals surface area contributed by atoms with E-state index in [9.17, 15) is 28.4 Å². The van der Waals surface area contributed by atoms with E-state index in [4.69, 9.17) is 9.47 Å². The van der Waals surface area contributed by atoms with Crippen molar-refractivity contribution in [1.29, 1.82) is 0 Å². The second kappa shape index (κ2) is 11.0. The second-order valence-electron chi connectivity index (χ2n) is 13.8. The monoisotopic (exact) mass is 652 g/mol. The number of aromatic amines is 1. The lowest BCUT2D eigenvalue weighted by atomic mass is 9.87. The van der Waals surface area contributed by atoms with Crippen LogP contribution < -0.4 is 10.5 Å². The summed E-state index contributed by atoms with van der Waals surface area (Å²) >= 11 is 0. The summed E-state index contributed by atoms with van der Waals surface area (Å²) < 4.78 is 40.4. The molecule has 13 nitrogen and oxygen atoms in total. The summed E-state index contributed by atoms with van der Waals surface area (Å²) in [7, 11) is 0. The van der Waals surface area contributed by atoms with Gasteiger partial charge in [0.1, 0.15) is 35.4 Å². The van der Waals surface area contributed by atoms with Gasteiger partial charge in [-0.05, 0) is 71.4 Å². The number of urea groups is 1. The number of H-pyrrole nitrogens is 1. The van der Waals surface area contributed by atoms with Gasteiger partial charge in [-0.2, -0.15) is 5.10 Å². The predicted molar refractivity (Wildman–Crippen MR) is 163 cm³/mol. The van der Waals surface area contributed by atoms with Crippen molar-refractivity contribution in [2.24, 2.45) is 0 Å². The minimum absolute atomic E-state index is 0.0243. The van der Waals surface area contributed by atoms with Crippen LogP contribution in [0.5, 0.6) is 0 Å². The average molecular weight is 653 g/mol. The molecule has 2 atom stereocenters. The third kappa shape index (κ3) is 5.74. The van der Waals surface area contributed by atoms with E-state index in [0.29, 0.717) is 0 Å². The number of benzene rings is 2. The number of nitrogens with zero attached hydrogens (tertiary/aromatic N) is 5. The van der Waals surface area contributed by atoms with Crippen LogP contribution in [0.4, 0.5) is 28.9 Å². The minimum atomic E-state index is -1.36. The lowest BCUT2D eigenvalue weighted by molar-refractivity contribution is -0.127. The lowest BCUT2D eigenvalue weighted by Crippen LogP contribution is -2.62. The van der Waals surface area contributed by atoms with Crippen molar-refractivity contribution in [1.82, 2.24) is 24.9 Å². The number of anilines is 1. The van der Waals surface area contributed by atoms with Gasteiger partial charge in [0, 0.05) is 18.5 Å². The van der Waals surface area contributed by atoms with Crippen LogP contribution in [0.3, 0.4) is 0 Å². The number of hydrogen-bond acceptors (Lipinski definition) is 8. The Morgan fingerprint density at radius 3 is 2.11 bits per heavy atom. The van der Waals surface area contributed by atoms with Crippen molar-refractivity contribution >= 4 is 40.6 Å². The molecule has 6 rings (SSSR count). The fourth-order valence-corrected chi connectivity index (χ4v) is 6.11. The largest absolute Gasteiger partial charge is 0.444 e. The Morgan fingerprint density at radius 2 is 1.49 bits per heavy atom. The first-order chi connectivity index (χ1) is 21.9. The van der Waals surface area contributed by atoms with Gasteiger partial charge in [0.25, 0.3) is 11.5 Å². The van der Waals surface area contributed by atoms with Gasteiger partial charge < -0.3 is 19.3 Å². The normalized spacial score (nSPS) is 20.2. The smallest absolute Gasteiger partial charge is 0.415 e. The molecule has 3 aromatic rings. The van der Waals surface area contributed by atoms with Crippen LogP contribution in [0.1, 0.15) is 64.9 Å². The number of hydrogen-bond donors (Lipinski definition) is 1. The molecule has 2 saturated heterocycles. The standard InChI is InChI=1S/C32H34F2N6O7/c1-31(2,3)46-29(44)37-13-19(14-37)38-15-22(41)40(28(38)43)26-24-23-20(27(42)36-35-24)11-18(34)12-21(23)39(30(45)47-32(4,5)6)25(26)16-7-9-17(33)10-8-16/h7-12,19,25-26H,13-15H2,1-6H3,(H,36,42). The number of halogens is 2. The van der Waals surface area contributed by atoms with E-state index in [0.717, 1.165) is 34.1 Å². The predicted octanol–water partition coefficient (Wildman–Crippen LogP) is 4.62. The summed E-state index contributed by atoms with van der Waals surface area (Å²) in [5, 5.41) is 6.47. The molecule has 5 amide bonds. The summed E-state index contributed by atoms with van der Waals surface area (Å²) in [5.74, 6) is -2.06. The Balaban J connectivity index is 1.48. The van der Waals surface area contributed by atoms with Crippen LogP contribution in [0.2, 0.25) is 0 Å². The molecule has 0 spiro atoms. The molecule has 15 heteroatoms. The van der Waals surface area contributed by atoms with Crippen LogP contribution in [-0.2, 0) is 14.3 Å². The molecular formula is C32H34F2N6O7. The molecule has 0 bridgehead atoms. The molecule has 47 heavy (non-hydrogen) atoms. The van der Waals surface area contributed by atoms with Crippen molar-refractivity contribution in [3.8, 4) is 0 Å².